The number of aromatic nitrogens is 1. The Morgan fingerprint density at radius 2 is 1.86 bits per heavy atom. The number of hydrogen-bond acceptors (Lipinski definition) is 6. The van der Waals surface area contributed by atoms with Gasteiger partial charge in [-0.25, -0.2) is 18.1 Å². The van der Waals surface area contributed by atoms with E-state index in [9.17, 15) is 8.42 Å². The fourth-order valence-corrected chi connectivity index (χ4v) is 5.21. The van der Waals surface area contributed by atoms with Crippen LogP contribution in [0, 0.1) is 0 Å². The molecule has 8 heteroatoms. The van der Waals surface area contributed by atoms with E-state index in [-0.39, 0.29) is 11.8 Å². The summed E-state index contributed by atoms with van der Waals surface area (Å²) in [6.07, 6.45) is 1.69. The molecule has 0 amide bonds. The van der Waals surface area contributed by atoms with Crippen molar-refractivity contribution in [1.82, 2.24) is 14.6 Å². The maximum Gasteiger partial charge on any atom is 0.279 e. The van der Waals surface area contributed by atoms with Gasteiger partial charge >= 0.3 is 0 Å². The van der Waals surface area contributed by atoms with Gasteiger partial charge in [0.25, 0.3) is 5.19 Å². The second-order valence-corrected chi connectivity index (χ2v) is 10.3. The normalized spacial score (nSPS) is 16.3. The van der Waals surface area contributed by atoms with Crippen LogP contribution in [0.4, 0.5) is 0 Å². The van der Waals surface area contributed by atoms with Crippen molar-refractivity contribution in [2.24, 2.45) is 0 Å². The number of benzene rings is 2. The summed E-state index contributed by atoms with van der Waals surface area (Å²) in [5.74, 6) is 0.916. The van der Waals surface area contributed by atoms with Crippen LogP contribution in [0.1, 0.15) is 25.3 Å². The molecule has 29 heavy (non-hydrogen) atoms. The van der Waals surface area contributed by atoms with Gasteiger partial charge < -0.3 is 4.74 Å². The van der Waals surface area contributed by atoms with Gasteiger partial charge in [-0.15, -0.1) is 0 Å². The highest BCUT2D eigenvalue weighted by molar-refractivity contribution is 7.89. The molecule has 0 aliphatic carbocycles. The smallest absolute Gasteiger partial charge is 0.279 e. The van der Waals surface area contributed by atoms with Crippen molar-refractivity contribution < 1.29 is 13.2 Å². The van der Waals surface area contributed by atoms with Crippen molar-refractivity contribution in [3.05, 3.63) is 54.1 Å². The SMILES string of the molecule is CCS(=O)(=O)NC1CCN(Cc2ccc(Oc3nc4ccccc4s3)cc2)CC1. The topological polar surface area (TPSA) is 71.5 Å². The molecular weight excluding hydrogens is 406 g/mol. The number of sulfonamides is 1. The number of likely N-dealkylation sites (tertiary alicyclic amines) is 1. The van der Waals surface area contributed by atoms with Crippen LogP contribution in [0.25, 0.3) is 10.2 Å². The number of thiazole rings is 1. The molecule has 0 spiro atoms. The first-order valence-corrected chi connectivity index (χ1v) is 12.3. The molecule has 2 aromatic carbocycles. The summed E-state index contributed by atoms with van der Waals surface area (Å²) >= 11 is 1.54. The number of nitrogens with zero attached hydrogens (tertiary/aromatic N) is 2. The Morgan fingerprint density at radius 1 is 1.14 bits per heavy atom. The standard InChI is InChI=1S/C21H25N3O3S2/c1-2-29(25,26)23-17-11-13-24(14-12-17)15-16-7-9-18(10-8-16)27-21-22-19-5-3-4-6-20(19)28-21/h3-10,17,23H,2,11-15H2,1H3. The lowest BCUT2D eigenvalue weighted by Crippen LogP contribution is -2.44. The largest absolute Gasteiger partial charge is 0.431 e. The first-order chi connectivity index (χ1) is 14.0. The van der Waals surface area contributed by atoms with Crippen LogP contribution < -0.4 is 9.46 Å². The Balaban J connectivity index is 1.30. The summed E-state index contributed by atoms with van der Waals surface area (Å²) in [5, 5.41) is 0.649. The molecule has 1 aliphatic rings. The van der Waals surface area contributed by atoms with Gasteiger partial charge in [-0.1, -0.05) is 35.6 Å². The highest BCUT2D eigenvalue weighted by Gasteiger charge is 2.22. The summed E-state index contributed by atoms with van der Waals surface area (Å²) in [6, 6.07) is 16.2. The maximum atomic E-state index is 11.7. The van der Waals surface area contributed by atoms with E-state index in [2.05, 4.69) is 26.7 Å². The van der Waals surface area contributed by atoms with E-state index in [4.69, 9.17) is 4.74 Å². The Labute approximate surface area is 175 Å². The van der Waals surface area contributed by atoms with Gasteiger partial charge in [0.1, 0.15) is 5.75 Å². The third-order valence-electron chi connectivity index (χ3n) is 5.12. The number of fused-ring (bicyclic) bond motifs is 1. The van der Waals surface area contributed by atoms with E-state index in [0.29, 0.717) is 5.19 Å². The molecule has 0 bridgehead atoms. The van der Waals surface area contributed by atoms with E-state index >= 15 is 0 Å². The summed E-state index contributed by atoms with van der Waals surface area (Å²) < 4.78 is 33.2. The summed E-state index contributed by atoms with van der Waals surface area (Å²) in [7, 11) is -3.12. The third kappa shape index (κ3) is 5.33. The number of rotatable bonds is 7. The van der Waals surface area contributed by atoms with Gasteiger partial charge in [-0.2, -0.15) is 0 Å². The molecule has 3 aromatic rings. The van der Waals surface area contributed by atoms with Crippen molar-refractivity contribution in [3.8, 4) is 10.9 Å². The highest BCUT2D eigenvalue weighted by Crippen LogP contribution is 2.31. The predicted octanol–water partition coefficient (Wildman–Crippen LogP) is 3.99. The molecule has 2 heterocycles. The van der Waals surface area contributed by atoms with Crippen LogP contribution in [0.5, 0.6) is 10.9 Å². The zero-order valence-electron chi connectivity index (χ0n) is 16.4. The Bertz CT molecular complexity index is 1020. The molecule has 154 valence electrons. The molecule has 1 fully saturated rings. The quantitative estimate of drug-likeness (QED) is 0.612. The molecule has 0 unspecified atom stereocenters. The first-order valence-electron chi connectivity index (χ1n) is 9.85. The number of hydrogen-bond donors (Lipinski definition) is 1. The van der Waals surface area contributed by atoms with E-state index in [1.54, 1.807) is 18.3 Å². The van der Waals surface area contributed by atoms with Crippen molar-refractivity contribution in [2.75, 3.05) is 18.8 Å². The fraction of sp³-hybridized carbons (Fsp3) is 0.381. The van der Waals surface area contributed by atoms with Gasteiger partial charge in [0.05, 0.1) is 16.0 Å². The molecule has 4 rings (SSSR count). The fourth-order valence-electron chi connectivity index (χ4n) is 3.46. The molecule has 0 atom stereocenters. The molecule has 1 saturated heterocycles. The first kappa shape index (κ1) is 20.3. The zero-order valence-corrected chi connectivity index (χ0v) is 18.0. The predicted molar refractivity (Wildman–Crippen MR) is 117 cm³/mol. The minimum atomic E-state index is -3.12. The van der Waals surface area contributed by atoms with Crippen molar-refractivity contribution >= 4 is 31.6 Å². The number of piperidine rings is 1. The number of nitrogens with one attached hydrogen (secondary N) is 1. The monoisotopic (exact) mass is 431 g/mol. The summed E-state index contributed by atoms with van der Waals surface area (Å²) in [4.78, 5) is 6.86. The Morgan fingerprint density at radius 3 is 2.55 bits per heavy atom. The third-order valence-corrected chi connectivity index (χ3v) is 7.49. The van der Waals surface area contributed by atoms with Crippen LogP contribution in [0.2, 0.25) is 0 Å². The molecule has 6 nitrogen and oxygen atoms in total. The minimum Gasteiger partial charge on any atom is -0.431 e. The molecule has 0 saturated carbocycles. The van der Waals surface area contributed by atoms with Crippen LogP contribution in [-0.4, -0.2) is 43.2 Å². The molecule has 1 aromatic heterocycles. The lowest BCUT2D eigenvalue weighted by Gasteiger charge is -2.32. The van der Waals surface area contributed by atoms with Crippen molar-refractivity contribution in [1.29, 1.82) is 0 Å². The lowest BCUT2D eigenvalue weighted by atomic mass is 10.1. The highest BCUT2D eigenvalue weighted by atomic mass is 32.2. The van der Waals surface area contributed by atoms with Crippen LogP contribution in [0.15, 0.2) is 48.5 Å². The van der Waals surface area contributed by atoms with Crippen molar-refractivity contribution in [3.63, 3.8) is 0 Å². The van der Waals surface area contributed by atoms with Gasteiger partial charge in [0.2, 0.25) is 10.0 Å². The Kier molecular flexibility index (Phi) is 6.15. The van der Waals surface area contributed by atoms with Crippen LogP contribution >= 0.6 is 11.3 Å². The van der Waals surface area contributed by atoms with E-state index in [1.807, 2.05) is 36.4 Å². The second kappa shape index (κ2) is 8.79. The van der Waals surface area contributed by atoms with Gasteiger partial charge in [0.15, 0.2) is 0 Å². The number of para-hydroxylation sites is 1. The summed E-state index contributed by atoms with van der Waals surface area (Å²) in [6.45, 7) is 4.30. The van der Waals surface area contributed by atoms with Gasteiger partial charge in [0, 0.05) is 25.7 Å². The van der Waals surface area contributed by atoms with E-state index in [1.165, 1.54) is 5.56 Å². The number of ether oxygens (including phenoxy) is 1. The zero-order chi connectivity index (χ0) is 20.3. The average molecular weight is 432 g/mol. The Hall–Kier alpha value is -2.00. The molecule has 1 N–H and O–H groups in total. The maximum absolute atomic E-state index is 11.7. The summed E-state index contributed by atoms with van der Waals surface area (Å²) in [5.41, 5.74) is 2.17. The average Bonchev–Trinajstić information content (AvgIpc) is 3.13. The van der Waals surface area contributed by atoms with Gasteiger partial charge in [-0.3, -0.25) is 4.90 Å². The minimum absolute atomic E-state index is 0.0563. The van der Waals surface area contributed by atoms with Crippen LogP contribution in [0.3, 0.4) is 0 Å². The van der Waals surface area contributed by atoms with E-state index < -0.39 is 10.0 Å². The molecule has 1 aliphatic heterocycles. The lowest BCUT2D eigenvalue weighted by molar-refractivity contribution is 0.200. The molecular formula is C21H25N3O3S2. The van der Waals surface area contributed by atoms with Gasteiger partial charge in [-0.05, 0) is 49.6 Å². The van der Waals surface area contributed by atoms with Crippen molar-refractivity contribution in [2.45, 2.75) is 32.4 Å². The van der Waals surface area contributed by atoms with Crippen LogP contribution in [-0.2, 0) is 16.6 Å². The van der Waals surface area contributed by atoms with E-state index in [0.717, 1.165) is 48.4 Å². The second-order valence-electron chi connectivity index (χ2n) is 7.27. The molecule has 0 radical (unpaired) electrons.